The minimum Gasteiger partial charge on any atom is -0.481 e. The van der Waals surface area contributed by atoms with Gasteiger partial charge in [0.15, 0.2) is 0 Å². The smallest absolute Gasteiger partial charge is 0.313 e. The van der Waals surface area contributed by atoms with Crippen molar-refractivity contribution >= 4 is 45.3 Å². The molecule has 2 aromatic rings. The molecule has 1 heterocycles. The number of aliphatic carboxylic acids is 1. The second kappa shape index (κ2) is 5.89. The van der Waals surface area contributed by atoms with Crippen molar-refractivity contribution in [3.8, 4) is 5.69 Å². The molecule has 0 aliphatic heterocycles. The van der Waals surface area contributed by atoms with E-state index in [2.05, 4.69) is 31.5 Å². The molecular formula is C10H8BrClN4O2S. The van der Waals surface area contributed by atoms with Crippen molar-refractivity contribution in [2.75, 3.05) is 5.75 Å². The number of carboxylic acid groups (broad SMARTS) is 1. The molecule has 0 amide bonds. The Morgan fingerprint density at radius 2 is 2.32 bits per heavy atom. The van der Waals surface area contributed by atoms with E-state index in [-0.39, 0.29) is 5.75 Å². The molecule has 0 saturated heterocycles. The van der Waals surface area contributed by atoms with Crippen LogP contribution in [0.2, 0.25) is 5.02 Å². The highest BCUT2D eigenvalue weighted by Crippen LogP contribution is 2.29. The van der Waals surface area contributed by atoms with Gasteiger partial charge in [-0.25, -0.2) is 0 Å². The number of thioether (sulfide) groups is 1. The summed E-state index contributed by atoms with van der Waals surface area (Å²) in [7, 11) is 0. The van der Waals surface area contributed by atoms with Crippen LogP contribution < -0.4 is 0 Å². The molecule has 2 rings (SSSR count). The maximum atomic E-state index is 10.6. The van der Waals surface area contributed by atoms with E-state index >= 15 is 0 Å². The molecule has 1 aromatic carbocycles. The Hall–Kier alpha value is -1.12. The van der Waals surface area contributed by atoms with Crippen LogP contribution in [0, 0.1) is 6.92 Å². The molecule has 0 unspecified atom stereocenters. The lowest BCUT2D eigenvalue weighted by Crippen LogP contribution is -2.04. The van der Waals surface area contributed by atoms with Gasteiger partial charge in [-0.3, -0.25) is 4.79 Å². The van der Waals surface area contributed by atoms with Crippen LogP contribution in [0.15, 0.2) is 21.8 Å². The molecule has 19 heavy (non-hydrogen) atoms. The summed E-state index contributed by atoms with van der Waals surface area (Å²) in [5.41, 5.74) is 1.58. The van der Waals surface area contributed by atoms with Crippen LogP contribution in [0.5, 0.6) is 0 Å². The Bertz CT molecular complexity index is 634. The third-order valence-electron chi connectivity index (χ3n) is 2.22. The van der Waals surface area contributed by atoms with Crippen LogP contribution in [0.4, 0.5) is 0 Å². The summed E-state index contributed by atoms with van der Waals surface area (Å²) in [5, 5.41) is 20.9. The Kier molecular flexibility index (Phi) is 4.43. The van der Waals surface area contributed by atoms with E-state index in [0.29, 0.717) is 15.9 Å². The molecule has 9 heteroatoms. The number of benzene rings is 1. The summed E-state index contributed by atoms with van der Waals surface area (Å²) in [4.78, 5) is 10.6. The Labute approximate surface area is 126 Å². The maximum absolute atomic E-state index is 10.6. The van der Waals surface area contributed by atoms with Gasteiger partial charge in [0.05, 0.1) is 11.4 Å². The first-order valence-corrected chi connectivity index (χ1v) is 7.23. The van der Waals surface area contributed by atoms with Crippen molar-refractivity contribution in [3.63, 3.8) is 0 Å². The third-order valence-corrected chi connectivity index (χ3v) is 4.17. The quantitative estimate of drug-likeness (QED) is 0.841. The summed E-state index contributed by atoms with van der Waals surface area (Å²) in [6.45, 7) is 1.89. The number of carboxylic acids is 1. The molecule has 0 fully saturated rings. The van der Waals surface area contributed by atoms with E-state index in [1.807, 2.05) is 13.0 Å². The molecule has 6 nitrogen and oxygen atoms in total. The van der Waals surface area contributed by atoms with Crippen LogP contribution in [0.25, 0.3) is 5.69 Å². The van der Waals surface area contributed by atoms with Gasteiger partial charge >= 0.3 is 5.97 Å². The summed E-state index contributed by atoms with van der Waals surface area (Å²) >= 11 is 10.5. The average Bonchev–Trinajstić information content (AvgIpc) is 2.79. The highest BCUT2D eigenvalue weighted by molar-refractivity contribution is 9.10. The van der Waals surface area contributed by atoms with Crippen LogP contribution in [0.3, 0.4) is 0 Å². The lowest BCUT2D eigenvalue weighted by atomic mass is 10.2. The molecule has 0 saturated carbocycles. The zero-order chi connectivity index (χ0) is 14.0. The first-order chi connectivity index (χ1) is 8.99. The van der Waals surface area contributed by atoms with Gasteiger partial charge in [0.1, 0.15) is 0 Å². The standard InChI is InChI=1S/C10H8BrClN4O2S/c1-5-2-6(11)8(3-7(5)12)16-10(13-14-15-16)19-4-9(17)18/h2-3H,4H2,1H3,(H,17,18). The van der Waals surface area contributed by atoms with Crippen molar-refractivity contribution in [1.29, 1.82) is 0 Å². The lowest BCUT2D eigenvalue weighted by Gasteiger charge is -2.08. The van der Waals surface area contributed by atoms with E-state index in [0.717, 1.165) is 21.8 Å². The van der Waals surface area contributed by atoms with Gasteiger partial charge in [-0.2, -0.15) is 4.68 Å². The van der Waals surface area contributed by atoms with E-state index in [9.17, 15) is 4.79 Å². The molecule has 0 radical (unpaired) electrons. The number of nitrogens with zero attached hydrogens (tertiary/aromatic N) is 4. The molecule has 0 spiro atoms. The highest BCUT2D eigenvalue weighted by Gasteiger charge is 2.14. The Balaban J connectivity index is 2.40. The van der Waals surface area contributed by atoms with E-state index in [4.69, 9.17) is 16.7 Å². The number of hydrogen-bond acceptors (Lipinski definition) is 5. The molecule has 0 atom stereocenters. The van der Waals surface area contributed by atoms with E-state index in [1.54, 1.807) is 6.07 Å². The number of tetrazole rings is 1. The van der Waals surface area contributed by atoms with Gasteiger partial charge in [-0.15, -0.1) is 5.10 Å². The maximum Gasteiger partial charge on any atom is 0.313 e. The van der Waals surface area contributed by atoms with Gasteiger partial charge in [-0.1, -0.05) is 23.4 Å². The minimum absolute atomic E-state index is 0.114. The van der Waals surface area contributed by atoms with Crippen LogP contribution in [0.1, 0.15) is 5.56 Å². The Morgan fingerprint density at radius 1 is 1.58 bits per heavy atom. The largest absolute Gasteiger partial charge is 0.481 e. The summed E-state index contributed by atoms with van der Waals surface area (Å²) < 4.78 is 2.22. The van der Waals surface area contributed by atoms with Gasteiger partial charge < -0.3 is 5.11 Å². The minimum atomic E-state index is -0.930. The third kappa shape index (κ3) is 3.26. The fourth-order valence-electron chi connectivity index (χ4n) is 1.34. The molecule has 100 valence electrons. The zero-order valence-electron chi connectivity index (χ0n) is 9.67. The van der Waals surface area contributed by atoms with Crippen LogP contribution >= 0.6 is 39.3 Å². The predicted molar refractivity (Wildman–Crippen MR) is 75.0 cm³/mol. The number of halogens is 2. The van der Waals surface area contributed by atoms with Crippen LogP contribution in [-0.4, -0.2) is 37.0 Å². The Morgan fingerprint density at radius 3 is 3.00 bits per heavy atom. The van der Waals surface area contributed by atoms with Crippen molar-refractivity contribution in [3.05, 3.63) is 27.2 Å². The average molecular weight is 364 g/mol. The van der Waals surface area contributed by atoms with Gasteiger partial charge in [0.25, 0.3) is 0 Å². The molecule has 1 aromatic heterocycles. The first-order valence-electron chi connectivity index (χ1n) is 5.08. The first kappa shape index (κ1) is 14.3. The monoisotopic (exact) mass is 362 g/mol. The fraction of sp³-hybridized carbons (Fsp3) is 0.200. The van der Waals surface area contributed by atoms with Gasteiger partial charge in [-0.05, 0) is 51.0 Å². The van der Waals surface area contributed by atoms with Gasteiger partial charge in [0, 0.05) is 9.50 Å². The van der Waals surface area contributed by atoms with E-state index < -0.39 is 5.97 Å². The molecule has 0 bridgehead atoms. The zero-order valence-corrected chi connectivity index (χ0v) is 12.8. The summed E-state index contributed by atoms with van der Waals surface area (Å²) in [5.74, 6) is -1.04. The number of hydrogen-bond donors (Lipinski definition) is 1. The second-order valence-electron chi connectivity index (χ2n) is 3.61. The molecule has 1 N–H and O–H groups in total. The number of rotatable bonds is 4. The lowest BCUT2D eigenvalue weighted by molar-refractivity contribution is -0.133. The molecule has 0 aliphatic carbocycles. The SMILES string of the molecule is Cc1cc(Br)c(-n2nnnc2SCC(=O)O)cc1Cl. The normalized spacial score (nSPS) is 10.7. The summed E-state index contributed by atoms with van der Waals surface area (Å²) in [6, 6.07) is 3.58. The predicted octanol–water partition coefficient (Wildman–Crippen LogP) is 2.56. The molecule has 0 aliphatic rings. The second-order valence-corrected chi connectivity index (χ2v) is 5.81. The summed E-state index contributed by atoms with van der Waals surface area (Å²) in [6.07, 6.45) is 0. The molecular weight excluding hydrogens is 356 g/mol. The topological polar surface area (TPSA) is 80.9 Å². The highest BCUT2D eigenvalue weighted by atomic mass is 79.9. The fourth-order valence-corrected chi connectivity index (χ4v) is 2.73. The number of carbonyl (C=O) groups is 1. The van der Waals surface area contributed by atoms with Crippen molar-refractivity contribution in [1.82, 2.24) is 20.2 Å². The van der Waals surface area contributed by atoms with E-state index in [1.165, 1.54) is 4.68 Å². The van der Waals surface area contributed by atoms with Crippen molar-refractivity contribution in [2.24, 2.45) is 0 Å². The number of aromatic nitrogens is 4. The van der Waals surface area contributed by atoms with Gasteiger partial charge in [0.2, 0.25) is 5.16 Å². The van der Waals surface area contributed by atoms with Crippen molar-refractivity contribution in [2.45, 2.75) is 12.1 Å². The number of aryl methyl sites for hydroxylation is 1. The van der Waals surface area contributed by atoms with Crippen LogP contribution in [-0.2, 0) is 4.79 Å². The van der Waals surface area contributed by atoms with Crippen molar-refractivity contribution < 1.29 is 9.90 Å².